The summed E-state index contributed by atoms with van der Waals surface area (Å²) in [5, 5.41) is 38.7. The van der Waals surface area contributed by atoms with Gasteiger partial charge in [-0.1, -0.05) is 154 Å². The van der Waals surface area contributed by atoms with Crippen molar-refractivity contribution in [2.45, 2.75) is 219 Å². The SMILES string of the molecule is CC(O)CCCCCCCCCCCCCCCC(=O)[O-].CC(O)CCCCCCCCCCCCCCCC(=O)[O-].[Mg+2]. The molecule has 0 radical (unpaired) electrons. The molecule has 6 nitrogen and oxygen atoms in total. The largest absolute Gasteiger partial charge is 2.00 e. The smallest absolute Gasteiger partial charge is 0.550 e. The van der Waals surface area contributed by atoms with Crippen LogP contribution in [0.25, 0.3) is 0 Å². The van der Waals surface area contributed by atoms with E-state index in [1.807, 2.05) is 13.8 Å². The van der Waals surface area contributed by atoms with Crippen LogP contribution in [0, 0.1) is 0 Å². The van der Waals surface area contributed by atoms with Crippen LogP contribution in [0.2, 0.25) is 0 Å². The molecule has 0 aromatic carbocycles. The molecule has 0 spiro atoms. The van der Waals surface area contributed by atoms with E-state index in [4.69, 9.17) is 10.2 Å². The molecule has 0 heterocycles. The van der Waals surface area contributed by atoms with Gasteiger partial charge in [0.25, 0.3) is 0 Å². The molecule has 2 atom stereocenters. The summed E-state index contributed by atoms with van der Waals surface area (Å²) in [5.41, 5.74) is 0. The summed E-state index contributed by atoms with van der Waals surface area (Å²) in [5.74, 6) is -1.83. The minimum atomic E-state index is -0.916. The molecule has 2 N–H and O–H groups in total. The number of rotatable bonds is 32. The van der Waals surface area contributed by atoms with Crippen molar-refractivity contribution in [3.8, 4) is 0 Å². The number of carboxylic acid groups (broad SMARTS) is 2. The van der Waals surface area contributed by atoms with Crippen LogP contribution in [-0.2, 0) is 9.59 Å². The van der Waals surface area contributed by atoms with Crippen LogP contribution in [0.4, 0.5) is 0 Å². The van der Waals surface area contributed by atoms with Gasteiger partial charge in [0.1, 0.15) is 0 Å². The molecule has 0 aliphatic rings. The van der Waals surface area contributed by atoms with Gasteiger partial charge in [0.05, 0.1) is 12.2 Å². The van der Waals surface area contributed by atoms with Crippen LogP contribution in [0.3, 0.4) is 0 Å². The zero-order chi connectivity index (χ0) is 31.5. The molecular formula is C36H70MgO6. The molecule has 0 bridgehead atoms. The Morgan fingerprint density at radius 2 is 0.558 bits per heavy atom. The van der Waals surface area contributed by atoms with Gasteiger partial charge in [-0.15, -0.1) is 0 Å². The normalized spacial score (nSPS) is 12.2. The van der Waals surface area contributed by atoms with Crippen LogP contribution < -0.4 is 10.2 Å². The van der Waals surface area contributed by atoms with Gasteiger partial charge in [0.15, 0.2) is 0 Å². The van der Waals surface area contributed by atoms with Gasteiger partial charge in [0, 0.05) is 11.9 Å². The van der Waals surface area contributed by atoms with Gasteiger partial charge < -0.3 is 30.0 Å². The number of unbranched alkanes of at least 4 members (excludes halogenated alkanes) is 24. The predicted octanol–water partition coefficient (Wildman–Crippen LogP) is 7.56. The van der Waals surface area contributed by atoms with Crippen molar-refractivity contribution in [3.05, 3.63) is 0 Å². The van der Waals surface area contributed by atoms with Gasteiger partial charge in [-0.25, -0.2) is 0 Å². The average molecular weight is 623 g/mol. The van der Waals surface area contributed by atoms with Gasteiger partial charge in [-0.2, -0.15) is 0 Å². The maximum Gasteiger partial charge on any atom is 2.00 e. The molecule has 0 aliphatic heterocycles. The molecule has 0 amide bonds. The van der Waals surface area contributed by atoms with E-state index < -0.39 is 11.9 Å². The Morgan fingerprint density at radius 3 is 0.721 bits per heavy atom. The molecule has 0 rings (SSSR count). The third-order valence-corrected chi connectivity index (χ3v) is 8.01. The summed E-state index contributed by atoms with van der Waals surface area (Å²) in [7, 11) is 0. The molecule has 252 valence electrons. The second-order valence-corrected chi connectivity index (χ2v) is 12.7. The third kappa shape index (κ3) is 51.5. The number of hydrogen-bond acceptors (Lipinski definition) is 6. The summed E-state index contributed by atoms with van der Waals surface area (Å²) >= 11 is 0. The molecule has 0 aliphatic carbocycles. The average Bonchev–Trinajstić information content (AvgIpc) is 2.92. The van der Waals surface area contributed by atoms with Gasteiger partial charge in [-0.05, 0) is 52.4 Å². The summed E-state index contributed by atoms with van der Waals surface area (Å²) in [6.07, 6.45) is 33.9. The van der Waals surface area contributed by atoms with Crippen LogP contribution in [0.1, 0.15) is 206 Å². The number of aliphatic hydroxyl groups excluding tert-OH is 2. The third-order valence-electron chi connectivity index (χ3n) is 8.01. The first-order valence-corrected chi connectivity index (χ1v) is 18.0. The van der Waals surface area contributed by atoms with Crippen LogP contribution in [-0.4, -0.2) is 57.4 Å². The second-order valence-electron chi connectivity index (χ2n) is 12.7. The maximum atomic E-state index is 10.2. The van der Waals surface area contributed by atoms with Crippen LogP contribution in [0.15, 0.2) is 0 Å². The summed E-state index contributed by atoms with van der Waals surface area (Å²) in [6.45, 7) is 3.73. The summed E-state index contributed by atoms with van der Waals surface area (Å²) < 4.78 is 0. The fraction of sp³-hybridized carbons (Fsp3) is 0.944. The molecule has 0 saturated carbocycles. The first-order chi connectivity index (χ1) is 20.3. The standard InChI is InChI=1S/2C18H36O3.Mg/c2*1-17(19)15-13-11-9-7-5-3-2-4-6-8-10-12-14-16-18(20)21;/h2*17,19H,2-16H2,1H3,(H,20,21);/q;;+2/p-2. The van der Waals surface area contributed by atoms with E-state index in [9.17, 15) is 19.8 Å². The van der Waals surface area contributed by atoms with Crippen molar-refractivity contribution < 1.29 is 30.0 Å². The molecule has 0 saturated heterocycles. The monoisotopic (exact) mass is 623 g/mol. The van der Waals surface area contributed by atoms with Crippen molar-refractivity contribution in [3.63, 3.8) is 0 Å². The van der Waals surface area contributed by atoms with E-state index in [-0.39, 0.29) is 48.1 Å². The first kappa shape index (κ1) is 47.0. The zero-order valence-corrected chi connectivity index (χ0v) is 30.0. The minimum absolute atomic E-state index is 0. The number of carbonyl (C=O) groups is 2. The Morgan fingerprint density at radius 1 is 0.395 bits per heavy atom. The van der Waals surface area contributed by atoms with E-state index in [1.165, 1.54) is 116 Å². The number of carboxylic acids is 2. The Kier molecular flexibility index (Phi) is 43.4. The Hall–Kier alpha value is -0.374. The predicted molar refractivity (Wildman–Crippen MR) is 178 cm³/mol. The van der Waals surface area contributed by atoms with Crippen molar-refractivity contribution >= 4 is 35.0 Å². The zero-order valence-electron chi connectivity index (χ0n) is 28.6. The molecular weight excluding hydrogens is 553 g/mol. The number of carbonyl (C=O) groups excluding carboxylic acids is 2. The molecule has 7 heteroatoms. The van der Waals surface area contributed by atoms with E-state index in [0.717, 1.165) is 64.2 Å². The fourth-order valence-electron chi connectivity index (χ4n) is 5.31. The molecule has 0 fully saturated rings. The van der Waals surface area contributed by atoms with Gasteiger partial charge in [0.2, 0.25) is 0 Å². The maximum absolute atomic E-state index is 10.2. The van der Waals surface area contributed by atoms with Crippen molar-refractivity contribution in [2.75, 3.05) is 0 Å². The molecule has 2 unspecified atom stereocenters. The summed E-state index contributed by atoms with van der Waals surface area (Å²) in [4.78, 5) is 20.5. The van der Waals surface area contributed by atoms with Gasteiger partial charge >= 0.3 is 23.1 Å². The number of hydrogen-bond donors (Lipinski definition) is 2. The Bertz CT molecular complexity index is 508. The molecule has 0 aromatic rings. The number of aliphatic carboxylic acids is 2. The van der Waals surface area contributed by atoms with Crippen LogP contribution in [0.5, 0.6) is 0 Å². The van der Waals surface area contributed by atoms with E-state index in [2.05, 4.69) is 0 Å². The Labute approximate surface area is 282 Å². The van der Waals surface area contributed by atoms with Crippen molar-refractivity contribution in [1.29, 1.82) is 0 Å². The van der Waals surface area contributed by atoms with Crippen molar-refractivity contribution in [1.82, 2.24) is 0 Å². The molecule has 0 aromatic heterocycles. The first-order valence-electron chi connectivity index (χ1n) is 18.0. The second kappa shape index (κ2) is 39.7. The van der Waals surface area contributed by atoms with Gasteiger partial charge in [-0.3, -0.25) is 0 Å². The Balaban J connectivity index is -0.000000727. The van der Waals surface area contributed by atoms with E-state index in [1.54, 1.807) is 0 Å². The van der Waals surface area contributed by atoms with Crippen molar-refractivity contribution in [2.24, 2.45) is 0 Å². The number of aliphatic hydroxyl groups is 2. The fourth-order valence-corrected chi connectivity index (χ4v) is 5.31. The van der Waals surface area contributed by atoms with E-state index in [0.29, 0.717) is 0 Å². The van der Waals surface area contributed by atoms with Crippen LogP contribution >= 0.6 is 0 Å². The summed E-state index contributed by atoms with van der Waals surface area (Å²) in [6, 6.07) is 0. The molecule has 43 heavy (non-hydrogen) atoms. The minimum Gasteiger partial charge on any atom is -0.550 e. The quantitative estimate of drug-likeness (QED) is 0.0590. The van der Waals surface area contributed by atoms with E-state index >= 15 is 0 Å². The topological polar surface area (TPSA) is 121 Å².